The Labute approximate surface area is 173 Å². The monoisotopic (exact) mass is 435 g/mol. The van der Waals surface area contributed by atoms with E-state index in [4.69, 9.17) is 16.0 Å². The van der Waals surface area contributed by atoms with Crippen molar-refractivity contribution in [1.29, 1.82) is 0 Å². The number of sulfone groups is 1. The minimum Gasteiger partial charge on any atom is -0.419 e. The topological polar surface area (TPSA) is 66.7 Å². The van der Waals surface area contributed by atoms with Gasteiger partial charge in [-0.3, -0.25) is 0 Å². The van der Waals surface area contributed by atoms with E-state index in [1.165, 1.54) is 12.1 Å². The van der Waals surface area contributed by atoms with E-state index >= 15 is 0 Å². The number of hydrogen-bond acceptors (Lipinski definition) is 6. The maximum absolute atomic E-state index is 13.3. The Morgan fingerprint density at radius 3 is 2.24 bits per heavy atom. The van der Waals surface area contributed by atoms with Gasteiger partial charge in [0.2, 0.25) is 26.6 Å². The van der Waals surface area contributed by atoms with E-state index in [1.54, 1.807) is 24.3 Å². The molecule has 152 valence electrons. The van der Waals surface area contributed by atoms with Crippen molar-refractivity contribution < 1.29 is 17.2 Å². The molecule has 0 amide bonds. The van der Waals surface area contributed by atoms with Crippen molar-refractivity contribution >= 4 is 27.3 Å². The average molecular weight is 436 g/mol. The molecule has 0 N–H and O–H groups in total. The Morgan fingerprint density at radius 2 is 1.62 bits per heavy atom. The summed E-state index contributed by atoms with van der Waals surface area (Å²) < 4.78 is 45.8. The molecule has 0 unspecified atom stereocenters. The molecule has 4 rings (SSSR count). The van der Waals surface area contributed by atoms with Crippen molar-refractivity contribution in [3.8, 4) is 11.5 Å². The molecule has 3 aromatic rings. The summed E-state index contributed by atoms with van der Waals surface area (Å²) in [6, 6.07) is 11.5. The van der Waals surface area contributed by atoms with Crippen LogP contribution in [-0.2, 0) is 9.84 Å². The maximum atomic E-state index is 13.3. The van der Waals surface area contributed by atoms with Crippen LogP contribution >= 0.6 is 11.6 Å². The molecule has 1 fully saturated rings. The first-order valence-corrected chi connectivity index (χ1v) is 10.9. The highest BCUT2D eigenvalue weighted by molar-refractivity contribution is 7.91. The third-order valence-corrected chi connectivity index (χ3v) is 6.76. The minimum absolute atomic E-state index is 0.0368. The first kappa shape index (κ1) is 19.9. The van der Waals surface area contributed by atoms with Crippen LogP contribution in [0.2, 0.25) is 5.02 Å². The van der Waals surface area contributed by atoms with Gasteiger partial charge in [0.25, 0.3) is 0 Å². The summed E-state index contributed by atoms with van der Waals surface area (Å²) in [4.78, 5) is 8.32. The van der Waals surface area contributed by atoms with Gasteiger partial charge < -0.3 is 14.2 Å². The molecule has 1 aromatic heterocycles. The van der Waals surface area contributed by atoms with Crippen LogP contribution in [0.3, 0.4) is 0 Å². The molecule has 9 heteroatoms. The number of oxazole rings is 1. The average Bonchev–Trinajstić information content (AvgIpc) is 3.16. The number of benzene rings is 2. The summed E-state index contributed by atoms with van der Waals surface area (Å²) in [7, 11) is -1.99. The highest BCUT2D eigenvalue weighted by atomic mass is 35.5. The predicted octanol–water partition coefficient (Wildman–Crippen LogP) is 3.72. The number of piperazine rings is 1. The van der Waals surface area contributed by atoms with Gasteiger partial charge in [0.15, 0.2) is 0 Å². The van der Waals surface area contributed by atoms with Gasteiger partial charge in [-0.2, -0.15) is 4.98 Å². The lowest BCUT2D eigenvalue weighted by molar-refractivity contribution is 0.305. The van der Waals surface area contributed by atoms with Crippen LogP contribution in [0.5, 0.6) is 0 Å². The Bertz CT molecular complexity index is 1110. The molecule has 0 atom stereocenters. The zero-order valence-corrected chi connectivity index (χ0v) is 17.3. The zero-order valence-electron chi connectivity index (χ0n) is 15.7. The number of halogens is 2. The van der Waals surface area contributed by atoms with Crippen LogP contribution in [-0.4, -0.2) is 51.5 Å². The highest BCUT2D eigenvalue weighted by Gasteiger charge is 2.32. The zero-order chi connectivity index (χ0) is 20.6. The molecule has 2 aromatic carbocycles. The Hall–Kier alpha value is -2.42. The third-order valence-electron chi connectivity index (χ3n) is 4.84. The SMILES string of the molecule is CN1CCN(c2oc(-c3ccc(Cl)cc3)nc2S(=O)(=O)c2ccc(F)cc2)CC1. The van der Waals surface area contributed by atoms with Crippen molar-refractivity contribution in [3.63, 3.8) is 0 Å². The van der Waals surface area contributed by atoms with Gasteiger partial charge in [0.05, 0.1) is 4.90 Å². The molecular weight excluding hydrogens is 417 g/mol. The van der Waals surface area contributed by atoms with Crippen molar-refractivity contribution in [2.75, 3.05) is 38.1 Å². The minimum atomic E-state index is -4.00. The maximum Gasteiger partial charge on any atom is 0.236 e. The van der Waals surface area contributed by atoms with Crippen molar-refractivity contribution in [2.45, 2.75) is 9.92 Å². The number of likely N-dealkylation sites (N-methyl/N-ethyl adjacent to an activating group) is 1. The molecular formula is C20H19ClFN3O3S. The fraction of sp³-hybridized carbons (Fsp3) is 0.250. The summed E-state index contributed by atoms with van der Waals surface area (Å²) in [5, 5.41) is 0.386. The van der Waals surface area contributed by atoms with Gasteiger partial charge in [0.1, 0.15) is 5.82 Å². The second kappa shape index (κ2) is 7.78. The molecule has 0 spiro atoms. The van der Waals surface area contributed by atoms with Crippen LogP contribution in [0.25, 0.3) is 11.5 Å². The summed E-state index contributed by atoms with van der Waals surface area (Å²) in [5.74, 6) is -0.117. The third kappa shape index (κ3) is 4.01. The first-order valence-electron chi connectivity index (χ1n) is 9.05. The second-order valence-corrected chi connectivity index (χ2v) is 9.19. The van der Waals surface area contributed by atoms with Gasteiger partial charge in [0, 0.05) is 36.8 Å². The van der Waals surface area contributed by atoms with E-state index in [9.17, 15) is 12.8 Å². The Balaban J connectivity index is 1.82. The summed E-state index contributed by atoms with van der Waals surface area (Å²) in [5.41, 5.74) is 0.616. The summed E-state index contributed by atoms with van der Waals surface area (Å²) in [6.45, 7) is 2.76. The largest absolute Gasteiger partial charge is 0.419 e. The van der Waals surface area contributed by atoms with Crippen molar-refractivity contribution in [2.24, 2.45) is 0 Å². The fourth-order valence-electron chi connectivity index (χ4n) is 3.12. The summed E-state index contributed by atoms with van der Waals surface area (Å²) in [6.07, 6.45) is 0. The number of anilines is 1. The van der Waals surface area contributed by atoms with E-state index in [-0.39, 0.29) is 21.7 Å². The molecule has 0 aliphatic carbocycles. The molecule has 0 bridgehead atoms. The van der Waals surface area contributed by atoms with Gasteiger partial charge >= 0.3 is 0 Å². The number of aromatic nitrogens is 1. The smallest absolute Gasteiger partial charge is 0.236 e. The van der Waals surface area contributed by atoms with Gasteiger partial charge in [-0.1, -0.05) is 11.6 Å². The van der Waals surface area contributed by atoms with E-state index in [1.807, 2.05) is 11.9 Å². The van der Waals surface area contributed by atoms with E-state index in [2.05, 4.69) is 9.88 Å². The van der Waals surface area contributed by atoms with Crippen molar-refractivity contribution in [1.82, 2.24) is 9.88 Å². The molecule has 2 heterocycles. The molecule has 1 aliphatic heterocycles. The van der Waals surface area contributed by atoms with Crippen LogP contribution < -0.4 is 4.90 Å². The predicted molar refractivity (Wildman–Crippen MR) is 109 cm³/mol. The Morgan fingerprint density at radius 1 is 1.00 bits per heavy atom. The van der Waals surface area contributed by atoms with Gasteiger partial charge in [-0.25, -0.2) is 12.8 Å². The summed E-state index contributed by atoms with van der Waals surface area (Å²) >= 11 is 5.95. The standard InChI is InChI=1S/C20H19ClFN3O3S/c1-24-10-12-25(13-11-24)20-19(29(26,27)17-8-6-16(22)7-9-17)23-18(28-20)14-2-4-15(21)5-3-14/h2-9H,10-13H2,1H3. The normalized spacial score (nSPS) is 15.6. The van der Waals surface area contributed by atoms with Gasteiger partial charge in [-0.05, 0) is 55.6 Å². The lowest BCUT2D eigenvalue weighted by Crippen LogP contribution is -2.44. The molecule has 1 aliphatic rings. The molecule has 1 saturated heterocycles. The number of nitrogens with zero attached hydrogens (tertiary/aromatic N) is 3. The number of hydrogen-bond donors (Lipinski definition) is 0. The van der Waals surface area contributed by atoms with Gasteiger partial charge in [-0.15, -0.1) is 0 Å². The van der Waals surface area contributed by atoms with Crippen LogP contribution in [0.4, 0.5) is 10.3 Å². The first-order chi connectivity index (χ1) is 13.8. The lowest BCUT2D eigenvalue weighted by atomic mass is 10.2. The second-order valence-electron chi connectivity index (χ2n) is 6.88. The van der Waals surface area contributed by atoms with E-state index in [0.29, 0.717) is 23.7 Å². The molecule has 0 saturated carbocycles. The number of rotatable bonds is 4. The molecule has 0 radical (unpaired) electrons. The quantitative estimate of drug-likeness (QED) is 0.582. The lowest BCUT2D eigenvalue weighted by Gasteiger charge is -2.32. The van der Waals surface area contributed by atoms with E-state index in [0.717, 1.165) is 25.2 Å². The van der Waals surface area contributed by atoms with Crippen LogP contribution in [0.15, 0.2) is 62.9 Å². The van der Waals surface area contributed by atoms with Crippen molar-refractivity contribution in [3.05, 3.63) is 59.4 Å². The molecule has 6 nitrogen and oxygen atoms in total. The van der Waals surface area contributed by atoms with Crippen LogP contribution in [0.1, 0.15) is 0 Å². The molecule has 29 heavy (non-hydrogen) atoms. The fourth-order valence-corrected chi connectivity index (χ4v) is 4.57. The van der Waals surface area contributed by atoms with Crippen LogP contribution in [0, 0.1) is 5.82 Å². The highest BCUT2D eigenvalue weighted by Crippen LogP contribution is 2.35. The van der Waals surface area contributed by atoms with E-state index < -0.39 is 15.7 Å². The Kier molecular flexibility index (Phi) is 5.33.